The summed E-state index contributed by atoms with van der Waals surface area (Å²) in [6.07, 6.45) is 3.45. The molecule has 0 N–H and O–H groups in total. The molecule has 0 aliphatic rings. The Morgan fingerprint density at radius 1 is 1.04 bits per heavy atom. The van der Waals surface area contributed by atoms with Crippen LogP contribution in [0.15, 0.2) is 41.3 Å². The van der Waals surface area contributed by atoms with Crippen molar-refractivity contribution in [2.45, 2.75) is 46.7 Å². The smallest absolute Gasteiger partial charge is 0.330 e. The molecule has 0 spiro atoms. The van der Waals surface area contributed by atoms with Crippen molar-refractivity contribution in [3.05, 3.63) is 47.0 Å². The van der Waals surface area contributed by atoms with Crippen LogP contribution in [0.2, 0.25) is 0 Å². The summed E-state index contributed by atoms with van der Waals surface area (Å²) in [6.45, 7) is 7.87. The van der Waals surface area contributed by atoms with Crippen LogP contribution in [0, 0.1) is 0 Å². The Bertz CT molecular complexity index is 1000. The molecule has 28 heavy (non-hydrogen) atoms. The van der Waals surface area contributed by atoms with Crippen LogP contribution in [0.4, 0.5) is 0 Å². The van der Waals surface area contributed by atoms with E-state index in [4.69, 9.17) is 0 Å². The molecule has 0 saturated heterocycles. The minimum atomic E-state index is -0.224. The van der Waals surface area contributed by atoms with Crippen LogP contribution < -0.4 is 5.69 Å². The monoisotopic (exact) mass is 381 g/mol. The van der Waals surface area contributed by atoms with Crippen LogP contribution in [0.5, 0.6) is 0 Å². The molecule has 1 aromatic carbocycles. The number of amides is 1. The highest BCUT2D eigenvalue weighted by Gasteiger charge is 2.20. The van der Waals surface area contributed by atoms with Gasteiger partial charge in [-0.05, 0) is 19.8 Å². The molecule has 0 unspecified atom stereocenters. The first-order valence-corrected chi connectivity index (χ1v) is 9.89. The number of benzene rings is 1. The van der Waals surface area contributed by atoms with E-state index in [0.717, 1.165) is 18.4 Å². The highest BCUT2D eigenvalue weighted by molar-refractivity contribution is 5.79. The summed E-state index contributed by atoms with van der Waals surface area (Å²) in [4.78, 5) is 36.7. The molecule has 3 rings (SSSR count). The minimum absolute atomic E-state index is 0.00637. The first kappa shape index (κ1) is 19.8. The number of nitrogens with zero attached hydrogens (tertiary/aromatic N) is 5. The van der Waals surface area contributed by atoms with Crippen molar-refractivity contribution < 1.29 is 4.79 Å². The second-order valence-corrected chi connectivity index (χ2v) is 6.76. The summed E-state index contributed by atoms with van der Waals surface area (Å²) in [7, 11) is 0. The normalized spacial score (nSPS) is 11.1. The molecule has 0 fully saturated rings. The fourth-order valence-corrected chi connectivity index (χ4v) is 3.41. The van der Waals surface area contributed by atoms with Gasteiger partial charge in [-0.15, -0.1) is 0 Å². The minimum Gasteiger partial charge on any atom is -0.341 e. The maximum Gasteiger partial charge on any atom is 0.330 e. The van der Waals surface area contributed by atoms with Crippen LogP contribution in [0.3, 0.4) is 0 Å². The zero-order valence-corrected chi connectivity index (χ0v) is 16.8. The molecule has 0 atom stereocenters. The van der Waals surface area contributed by atoms with E-state index in [1.165, 1.54) is 4.57 Å². The lowest BCUT2D eigenvalue weighted by molar-refractivity contribution is -0.131. The summed E-state index contributed by atoms with van der Waals surface area (Å²) in [5.74, 6) is 0.488. The van der Waals surface area contributed by atoms with Gasteiger partial charge < -0.3 is 4.90 Å². The van der Waals surface area contributed by atoms with E-state index in [-0.39, 0.29) is 18.1 Å². The molecule has 0 aliphatic heterocycles. The molecule has 7 nitrogen and oxygen atoms in total. The fraction of sp³-hybridized carbons (Fsp3) is 0.429. The molecular formula is C21H27N5O2. The Hall–Kier alpha value is -2.96. The molecule has 2 aromatic heterocycles. The summed E-state index contributed by atoms with van der Waals surface area (Å²) >= 11 is 0. The van der Waals surface area contributed by atoms with Gasteiger partial charge in [0.05, 0.1) is 6.20 Å². The van der Waals surface area contributed by atoms with Gasteiger partial charge in [0.1, 0.15) is 12.1 Å². The van der Waals surface area contributed by atoms with Gasteiger partial charge in [-0.3, -0.25) is 13.9 Å². The maximum atomic E-state index is 12.9. The SMILES string of the molecule is CCCN(CCC)C(=O)Cn1c(=O)n(CC)c2cnc(-c3ccccc3)nc21. The van der Waals surface area contributed by atoms with Crippen LogP contribution in [-0.4, -0.2) is 43.0 Å². The van der Waals surface area contributed by atoms with Crippen LogP contribution in [0.25, 0.3) is 22.6 Å². The summed E-state index contributed by atoms with van der Waals surface area (Å²) in [5.41, 5.74) is 1.80. The van der Waals surface area contributed by atoms with Gasteiger partial charge in [-0.2, -0.15) is 0 Å². The second-order valence-electron chi connectivity index (χ2n) is 6.76. The van der Waals surface area contributed by atoms with Gasteiger partial charge in [0, 0.05) is 25.2 Å². The number of fused-ring (bicyclic) bond motifs is 1. The molecule has 2 heterocycles. The highest BCUT2D eigenvalue weighted by Crippen LogP contribution is 2.18. The molecule has 148 valence electrons. The van der Waals surface area contributed by atoms with E-state index in [2.05, 4.69) is 9.97 Å². The van der Waals surface area contributed by atoms with Crippen LogP contribution in [0.1, 0.15) is 33.6 Å². The van der Waals surface area contributed by atoms with Crippen molar-refractivity contribution in [2.24, 2.45) is 0 Å². The molecule has 0 saturated carbocycles. The van der Waals surface area contributed by atoms with Gasteiger partial charge in [0.15, 0.2) is 11.5 Å². The standard InChI is InChI=1S/C21H27N5O2/c1-4-12-24(13-5-2)18(27)15-26-20-17(25(6-3)21(26)28)14-22-19(23-20)16-10-8-7-9-11-16/h7-11,14H,4-6,12-13,15H2,1-3H3. The molecule has 1 amide bonds. The number of imidazole rings is 1. The molecule has 0 radical (unpaired) electrons. The zero-order valence-electron chi connectivity index (χ0n) is 16.8. The summed E-state index contributed by atoms with van der Waals surface area (Å²) in [6, 6.07) is 9.63. The van der Waals surface area contributed by atoms with E-state index in [1.807, 2.05) is 56.0 Å². The lowest BCUT2D eigenvalue weighted by atomic mass is 10.2. The number of hydrogen-bond acceptors (Lipinski definition) is 4. The van der Waals surface area contributed by atoms with Gasteiger partial charge in [-0.1, -0.05) is 44.2 Å². The first-order chi connectivity index (χ1) is 13.6. The number of carbonyl (C=O) groups is 1. The van der Waals surface area contributed by atoms with E-state index >= 15 is 0 Å². The lowest BCUT2D eigenvalue weighted by Crippen LogP contribution is -2.37. The quantitative estimate of drug-likeness (QED) is 0.601. The molecular weight excluding hydrogens is 354 g/mol. The predicted molar refractivity (Wildman–Crippen MR) is 110 cm³/mol. The van der Waals surface area contributed by atoms with E-state index < -0.39 is 0 Å². The Morgan fingerprint density at radius 2 is 1.71 bits per heavy atom. The number of rotatable bonds is 8. The largest absolute Gasteiger partial charge is 0.341 e. The van der Waals surface area contributed by atoms with Crippen molar-refractivity contribution in [1.29, 1.82) is 0 Å². The lowest BCUT2D eigenvalue weighted by Gasteiger charge is -2.21. The third-order valence-electron chi connectivity index (χ3n) is 4.74. The number of aryl methyl sites for hydroxylation is 1. The first-order valence-electron chi connectivity index (χ1n) is 9.89. The van der Waals surface area contributed by atoms with Crippen LogP contribution >= 0.6 is 0 Å². The van der Waals surface area contributed by atoms with E-state index in [9.17, 15) is 9.59 Å². The number of aromatic nitrogens is 4. The van der Waals surface area contributed by atoms with Crippen molar-refractivity contribution >= 4 is 17.1 Å². The van der Waals surface area contributed by atoms with Gasteiger partial charge >= 0.3 is 5.69 Å². The third-order valence-corrected chi connectivity index (χ3v) is 4.74. The average Bonchev–Trinajstić information content (AvgIpc) is 2.98. The molecule has 7 heteroatoms. The van der Waals surface area contributed by atoms with Crippen molar-refractivity contribution in [2.75, 3.05) is 13.1 Å². The summed E-state index contributed by atoms with van der Waals surface area (Å²) < 4.78 is 3.09. The van der Waals surface area contributed by atoms with Crippen molar-refractivity contribution in [3.8, 4) is 11.4 Å². The average molecular weight is 381 g/mol. The van der Waals surface area contributed by atoms with Gasteiger partial charge in [-0.25, -0.2) is 14.8 Å². The fourth-order valence-electron chi connectivity index (χ4n) is 3.41. The highest BCUT2D eigenvalue weighted by atomic mass is 16.2. The second kappa shape index (κ2) is 8.82. The van der Waals surface area contributed by atoms with E-state index in [0.29, 0.717) is 36.6 Å². The number of carbonyl (C=O) groups excluding carboxylic acids is 1. The maximum absolute atomic E-state index is 12.9. The van der Waals surface area contributed by atoms with Gasteiger partial charge in [0.2, 0.25) is 5.91 Å². The topological polar surface area (TPSA) is 73.0 Å². The molecule has 0 bridgehead atoms. The Balaban J connectivity index is 2.06. The van der Waals surface area contributed by atoms with Crippen molar-refractivity contribution in [3.63, 3.8) is 0 Å². The Labute approximate surface area is 164 Å². The van der Waals surface area contributed by atoms with Crippen LogP contribution in [-0.2, 0) is 17.9 Å². The zero-order chi connectivity index (χ0) is 20.1. The Kier molecular flexibility index (Phi) is 6.23. The van der Waals surface area contributed by atoms with Gasteiger partial charge in [0.25, 0.3) is 0 Å². The van der Waals surface area contributed by atoms with E-state index in [1.54, 1.807) is 10.8 Å². The predicted octanol–water partition coefficient (Wildman–Crippen LogP) is 2.93. The Morgan fingerprint density at radius 3 is 2.32 bits per heavy atom. The molecule has 0 aliphatic carbocycles. The molecule has 3 aromatic rings. The van der Waals surface area contributed by atoms with Crippen molar-refractivity contribution in [1.82, 2.24) is 24.0 Å². The third kappa shape index (κ3) is 3.83. The summed E-state index contributed by atoms with van der Waals surface area (Å²) in [5, 5.41) is 0. The number of hydrogen-bond donors (Lipinski definition) is 0.